The van der Waals surface area contributed by atoms with Crippen molar-refractivity contribution >= 4 is 5.78 Å². The van der Waals surface area contributed by atoms with Crippen LogP contribution >= 0.6 is 0 Å². The molecule has 0 amide bonds. The van der Waals surface area contributed by atoms with Gasteiger partial charge in [-0.2, -0.15) is 0 Å². The van der Waals surface area contributed by atoms with Crippen LogP contribution in [0.3, 0.4) is 0 Å². The normalized spacial score (nSPS) is 17.3. The molecule has 1 aromatic rings. The molecule has 0 aromatic heterocycles. The smallest absolute Gasteiger partial charge is 0.166 e. The summed E-state index contributed by atoms with van der Waals surface area (Å²) in [6, 6.07) is 4.12. The second-order valence-electron chi connectivity index (χ2n) is 5.59. The van der Waals surface area contributed by atoms with Gasteiger partial charge in [-0.15, -0.1) is 0 Å². The molecule has 1 aliphatic rings. The van der Waals surface area contributed by atoms with Crippen LogP contribution in [-0.4, -0.2) is 18.5 Å². The fourth-order valence-corrected chi connectivity index (χ4v) is 2.67. The lowest BCUT2D eigenvalue weighted by Crippen LogP contribution is -2.41. The van der Waals surface area contributed by atoms with E-state index in [4.69, 9.17) is 4.74 Å². The Labute approximate surface area is 109 Å². The van der Waals surface area contributed by atoms with Crippen LogP contribution in [0.4, 0.5) is 0 Å². The third kappa shape index (κ3) is 2.35. The number of ether oxygens (including phenoxy) is 1. The second kappa shape index (κ2) is 4.85. The third-order valence-electron chi connectivity index (χ3n) is 4.32. The van der Waals surface area contributed by atoms with E-state index in [1.165, 1.54) is 17.5 Å². The number of ketones is 1. The predicted octanol–water partition coefficient (Wildman–Crippen LogP) is 3.75. The summed E-state index contributed by atoms with van der Waals surface area (Å²) in [5, 5.41) is 0. The molecule has 2 heteroatoms. The summed E-state index contributed by atoms with van der Waals surface area (Å²) < 4.78 is 5.54. The highest BCUT2D eigenvalue weighted by Gasteiger charge is 2.39. The Morgan fingerprint density at radius 2 is 1.78 bits per heavy atom. The summed E-state index contributed by atoms with van der Waals surface area (Å²) in [7, 11) is 1.72. The fourth-order valence-electron chi connectivity index (χ4n) is 2.67. The van der Waals surface area contributed by atoms with E-state index < -0.39 is 0 Å². The van der Waals surface area contributed by atoms with Gasteiger partial charge in [-0.3, -0.25) is 4.79 Å². The van der Waals surface area contributed by atoms with Crippen LogP contribution in [0, 0.1) is 20.8 Å². The van der Waals surface area contributed by atoms with E-state index in [-0.39, 0.29) is 11.4 Å². The van der Waals surface area contributed by atoms with Crippen molar-refractivity contribution in [2.45, 2.75) is 52.1 Å². The minimum absolute atomic E-state index is 0.178. The number of carbonyl (C=O) groups is 1. The molecule has 1 saturated carbocycles. The number of rotatable bonds is 4. The summed E-state index contributed by atoms with van der Waals surface area (Å²) in [4.78, 5) is 12.4. The average molecular weight is 246 g/mol. The molecule has 1 fully saturated rings. The van der Waals surface area contributed by atoms with Crippen molar-refractivity contribution < 1.29 is 9.53 Å². The first kappa shape index (κ1) is 13.3. The van der Waals surface area contributed by atoms with E-state index in [1.54, 1.807) is 7.11 Å². The first-order chi connectivity index (χ1) is 8.47. The van der Waals surface area contributed by atoms with E-state index in [0.717, 1.165) is 24.0 Å². The second-order valence-corrected chi connectivity index (χ2v) is 5.59. The minimum atomic E-state index is -0.178. The van der Waals surface area contributed by atoms with Crippen LogP contribution in [0.15, 0.2) is 12.1 Å². The molecule has 0 heterocycles. The van der Waals surface area contributed by atoms with Crippen molar-refractivity contribution in [2.24, 2.45) is 0 Å². The van der Waals surface area contributed by atoms with Gasteiger partial charge in [0, 0.05) is 19.1 Å². The molecule has 0 unspecified atom stereocenters. The van der Waals surface area contributed by atoms with E-state index in [9.17, 15) is 4.79 Å². The Morgan fingerprint density at radius 3 is 2.28 bits per heavy atom. The molecule has 2 nitrogen and oxygen atoms in total. The zero-order valence-electron chi connectivity index (χ0n) is 11.8. The standard InChI is InChI=1S/C16H22O2/c1-11-8-13(3)14(9-12(11)2)15(17)10-16(18-4)6-5-7-16/h8-9H,5-7,10H2,1-4H3. The highest BCUT2D eigenvalue weighted by Crippen LogP contribution is 2.39. The van der Waals surface area contributed by atoms with Crippen molar-refractivity contribution in [3.63, 3.8) is 0 Å². The number of methoxy groups -OCH3 is 1. The molecule has 0 radical (unpaired) electrons. The lowest BCUT2D eigenvalue weighted by Gasteiger charge is -2.40. The largest absolute Gasteiger partial charge is 0.378 e. The van der Waals surface area contributed by atoms with Crippen molar-refractivity contribution in [1.29, 1.82) is 0 Å². The Morgan fingerprint density at radius 1 is 1.17 bits per heavy atom. The molecule has 18 heavy (non-hydrogen) atoms. The lowest BCUT2D eigenvalue weighted by atomic mass is 9.75. The highest BCUT2D eigenvalue weighted by atomic mass is 16.5. The number of hydrogen-bond acceptors (Lipinski definition) is 2. The van der Waals surface area contributed by atoms with Crippen LogP contribution in [0.2, 0.25) is 0 Å². The maximum atomic E-state index is 12.4. The first-order valence-corrected chi connectivity index (χ1v) is 6.64. The SMILES string of the molecule is COC1(CC(=O)c2cc(C)c(C)cc2C)CCC1. The van der Waals surface area contributed by atoms with Crippen LogP contribution < -0.4 is 0 Å². The number of carbonyl (C=O) groups excluding carboxylic acids is 1. The maximum absolute atomic E-state index is 12.4. The molecule has 0 saturated heterocycles. The quantitative estimate of drug-likeness (QED) is 0.756. The molecule has 0 atom stereocenters. The molecular formula is C16H22O2. The van der Waals surface area contributed by atoms with Gasteiger partial charge < -0.3 is 4.74 Å². The molecule has 0 aliphatic heterocycles. The highest BCUT2D eigenvalue weighted by molar-refractivity contribution is 5.98. The maximum Gasteiger partial charge on any atom is 0.166 e. The summed E-state index contributed by atoms with van der Waals surface area (Å²) in [6.45, 7) is 6.15. The molecule has 98 valence electrons. The number of hydrogen-bond donors (Lipinski definition) is 0. The van der Waals surface area contributed by atoms with Crippen molar-refractivity contribution in [2.75, 3.05) is 7.11 Å². The van der Waals surface area contributed by atoms with Crippen LogP contribution in [-0.2, 0) is 4.74 Å². The number of benzene rings is 1. The zero-order valence-corrected chi connectivity index (χ0v) is 11.8. The number of Topliss-reactive ketones (excluding diaryl/α,β-unsaturated/α-hetero) is 1. The Balaban J connectivity index is 2.21. The van der Waals surface area contributed by atoms with Gasteiger partial charge in [-0.1, -0.05) is 6.07 Å². The molecule has 0 bridgehead atoms. The van der Waals surface area contributed by atoms with Gasteiger partial charge >= 0.3 is 0 Å². The van der Waals surface area contributed by atoms with Gasteiger partial charge in [-0.05, 0) is 62.8 Å². The fraction of sp³-hybridized carbons (Fsp3) is 0.562. The average Bonchev–Trinajstić information content (AvgIpc) is 2.28. The Bertz CT molecular complexity index is 465. The molecular weight excluding hydrogens is 224 g/mol. The van der Waals surface area contributed by atoms with Crippen LogP contribution in [0.5, 0.6) is 0 Å². The topological polar surface area (TPSA) is 26.3 Å². The molecule has 1 aromatic carbocycles. The monoisotopic (exact) mass is 246 g/mol. The Kier molecular flexibility index (Phi) is 3.58. The van der Waals surface area contributed by atoms with Crippen molar-refractivity contribution in [3.8, 4) is 0 Å². The zero-order chi connectivity index (χ0) is 13.3. The van der Waals surface area contributed by atoms with Gasteiger partial charge in [0.1, 0.15) is 0 Å². The van der Waals surface area contributed by atoms with Gasteiger partial charge in [0.2, 0.25) is 0 Å². The van der Waals surface area contributed by atoms with Gasteiger partial charge in [0.15, 0.2) is 5.78 Å². The molecule has 1 aliphatic carbocycles. The van der Waals surface area contributed by atoms with Gasteiger partial charge in [0.25, 0.3) is 0 Å². The Hall–Kier alpha value is -1.15. The van der Waals surface area contributed by atoms with E-state index in [2.05, 4.69) is 19.9 Å². The number of aryl methyl sites for hydroxylation is 3. The van der Waals surface area contributed by atoms with E-state index in [0.29, 0.717) is 6.42 Å². The molecule has 2 rings (SSSR count). The van der Waals surface area contributed by atoms with Gasteiger partial charge in [-0.25, -0.2) is 0 Å². The van der Waals surface area contributed by atoms with Crippen LogP contribution in [0.1, 0.15) is 52.7 Å². The summed E-state index contributed by atoms with van der Waals surface area (Å²) in [5.74, 6) is 0.220. The predicted molar refractivity (Wildman–Crippen MR) is 73.2 cm³/mol. The van der Waals surface area contributed by atoms with E-state index >= 15 is 0 Å². The summed E-state index contributed by atoms with van der Waals surface area (Å²) in [5.41, 5.74) is 4.19. The first-order valence-electron chi connectivity index (χ1n) is 6.64. The minimum Gasteiger partial charge on any atom is -0.378 e. The third-order valence-corrected chi connectivity index (χ3v) is 4.32. The van der Waals surface area contributed by atoms with E-state index in [1.807, 2.05) is 13.0 Å². The lowest BCUT2D eigenvalue weighted by molar-refractivity contribution is -0.0704. The molecule has 0 N–H and O–H groups in total. The van der Waals surface area contributed by atoms with Crippen molar-refractivity contribution in [3.05, 3.63) is 34.4 Å². The van der Waals surface area contributed by atoms with Crippen molar-refractivity contribution in [1.82, 2.24) is 0 Å². The van der Waals surface area contributed by atoms with Crippen LogP contribution in [0.25, 0.3) is 0 Å². The van der Waals surface area contributed by atoms with Gasteiger partial charge in [0.05, 0.1) is 5.60 Å². The summed E-state index contributed by atoms with van der Waals surface area (Å²) >= 11 is 0. The molecule has 0 spiro atoms. The summed E-state index contributed by atoms with van der Waals surface area (Å²) in [6.07, 6.45) is 3.72.